The summed E-state index contributed by atoms with van der Waals surface area (Å²) in [5.41, 5.74) is 0. The van der Waals surface area contributed by atoms with Crippen molar-refractivity contribution >= 4 is 29.7 Å². The number of rotatable bonds is 9. The SMILES string of the molecule is CCN(CCCCC(=O)O)CCc1cccs1.Cl. The second-order valence-corrected chi connectivity index (χ2v) is 5.15. The van der Waals surface area contributed by atoms with Gasteiger partial charge in [-0.1, -0.05) is 13.0 Å². The molecule has 3 nitrogen and oxygen atoms in total. The van der Waals surface area contributed by atoms with E-state index in [1.165, 1.54) is 4.88 Å². The van der Waals surface area contributed by atoms with Crippen LogP contribution in [0.5, 0.6) is 0 Å². The van der Waals surface area contributed by atoms with Gasteiger partial charge in [-0.3, -0.25) is 4.79 Å². The Morgan fingerprint density at radius 1 is 1.39 bits per heavy atom. The minimum Gasteiger partial charge on any atom is -0.481 e. The number of aliphatic carboxylic acids is 1. The quantitative estimate of drug-likeness (QED) is 0.710. The van der Waals surface area contributed by atoms with Gasteiger partial charge in [0.05, 0.1) is 0 Å². The molecule has 0 amide bonds. The molecular weight excluding hydrogens is 270 g/mol. The van der Waals surface area contributed by atoms with Gasteiger partial charge >= 0.3 is 5.97 Å². The van der Waals surface area contributed by atoms with Crippen LogP contribution in [0.1, 0.15) is 31.1 Å². The molecule has 5 heteroatoms. The maximum atomic E-state index is 10.4. The van der Waals surface area contributed by atoms with Crippen molar-refractivity contribution in [3.63, 3.8) is 0 Å². The number of likely N-dealkylation sites (N-methyl/N-ethyl adjacent to an activating group) is 1. The topological polar surface area (TPSA) is 40.5 Å². The van der Waals surface area contributed by atoms with Gasteiger partial charge in [-0.15, -0.1) is 23.7 Å². The van der Waals surface area contributed by atoms with E-state index in [1.807, 2.05) is 0 Å². The van der Waals surface area contributed by atoms with Crippen LogP contribution in [0.25, 0.3) is 0 Å². The molecule has 0 aliphatic carbocycles. The molecule has 0 unspecified atom stereocenters. The fraction of sp³-hybridized carbons (Fsp3) is 0.615. The van der Waals surface area contributed by atoms with E-state index in [4.69, 9.17) is 5.11 Å². The summed E-state index contributed by atoms with van der Waals surface area (Å²) in [5.74, 6) is -0.688. The number of carbonyl (C=O) groups is 1. The number of unbranched alkanes of at least 4 members (excludes halogenated alkanes) is 1. The zero-order chi connectivity index (χ0) is 12.5. The Morgan fingerprint density at radius 2 is 2.17 bits per heavy atom. The van der Waals surface area contributed by atoms with Gasteiger partial charge in [0.15, 0.2) is 0 Å². The van der Waals surface area contributed by atoms with Crippen molar-refractivity contribution in [1.29, 1.82) is 0 Å². The third-order valence-electron chi connectivity index (χ3n) is 2.82. The summed E-state index contributed by atoms with van der Waals surface area (Å²) < 4.78 is 0. The van der Waals surface area contributed by atoms with Crippen LogP contribution in [0, 0.1) is 0 Å². The Hall–Kier alpha value is -0.580. The highest BCUT2D eigenvalue weighted by atomic mass is 35.5. The van der Waals surface area contributed by atoms with E-state index in [0.29, 0.717) is 6.42 Å². The first kappa shape index (κ1) is 17.4. The van der Waals surface area contributed by atoms with Crippen LogP contribution in [0.2, 0.25) is 0 Å². The number of halogens is 1. The zero-order valence-electron chi connectivity index (χ0n) is 10.8. The fourth-order valence-corrected chi connectivity index (χ4v) is 2.46. The largest absolute Gasteiger partial charge is 0.481 e. The lowest BCUT2D eigenvalue weighted by Gasteiger charge is -2.19. The van der Waals surface area contributed by atoms with Crippen LogP contribution < -0.4 is 0 Å². The normalized spacial score (nSPS) is 10.3. The monoisotopic (exact) mass is 291 g/mol. The fourth-order valence-electron chi connectivity index (χ4n) is 1.76. The molecule has 1 rings (SSSR count). The first-order chi connectivity index (χ1) is 8.22. The molecule has 1 aromatic heterocycles. The third kappa shape index (κ3) is 7.69. The van der Waals surface area contributed by atoms with Crippen molar-refractivity contribution in [3.05, 3.63) is 22.4 Å². The van der Waals surface area contributed by atoms with E-state index in [9.17, 15) is 4.79 Å². The lowest BCUT2D eigenvalue weighted by Crippen LogP contribution is -2.26. The summed E-state index contributed by atoms with van der Waals surface area (Å²) in [6, 6.07) is 4.26. The second kappa shape index (κ2) is 10.4. The van der Waals surface area contributed by atoms with Crippen molar-refractivity contribution in [3.8, 4) is 0 Å². The van der Waals surface area contributed by atoms with Gasteiger partial charge < -0.3 is 10.0 Å². The van der Waals surface area contributed by atoms with Crippen molar-refractivity contribution < 1.29 is 9.90 Å². The molecule has 0 fully saturated rings. The van der Waals surface area contributed by atoms with Crippen LogP contribution in [0.15, 0.2) is 17.5 Å². The van der Waals surface area contributed by atoms with E-state index < -0.39 is 5.97 Å². The molecule has 0 atom stereocenters. The van der Waals surface area contributed by atoms with Crippen molar-refractivity contribution in [2.45, 2.75) is 32.6 Å². The van der Waals surface area contributed by atoms with Crippen LogP contribution in [0.4, 0.5) is 0 Å². The maximum absolute atomic E-state index is 10.4. The number of thiophene rings is 1. The van der Waals surface area contributed by atoms with Crippen LogP contribution in [-0.2, 0) is 11.2 Å². The second-order valence-electron chi connectivity index (χ2n) is 4.11. The minimum atomic E-state index is -0.688. The van der Waals surface area contributed by atoms with Gasteiger partial charge in [0.1, 0.15) is 0 Å². The van der Waals surface area contributed by atoms with E-state index >= 15 is 0 Å². The van der Waals surface area contributed by atoms with Gasteiger partial charge in [0, 0.05) is 17.8 Å². The number of hydrogen-bond donors (Lipinski definition) is 1. The van der Waals surface area contributed by atoms with E-state index in [-0.39, 0.29) is 12.4 Å². The first-order valence-electron chi connectivity index (χ1n) is 6.19. The zero-order valence-corrected chi connectivity index (χ0v) is 12.4. The van der Waals surface area contributed by atoms with Gasteiger partial charge in [-0.05, 0) is 43.8 Å². The minimum absolute atomic E-state index is 0. The summed E-state index contributed by atoms with van der Waals surface area (Å²) >= 11 is 1.80. The van der Waals surface area contributed by atoms with Gasteiger partial charge in [-0.25, -0.2) is 0 Å². The lowest BCUT2D eigenvalue weighted by atomic mass is 10.2. The molecule has 0 aliphatic rings. The van der Waals surface area contributed by atoms with Crippen molar-refractivity contribution in [1.82, 2.24) is 4.90 Å². The summed E-state index contributed by atoms with van der Waals surface area (Å²) in [6.45, 7) is 5.28. The van der Waals surface area contributed by atoms with Gasteiger partial charge in [0.2, 0.25) is 0 Å². The molecule has 1 aromatic rings. The Kier molecular flexibility index (Phi) is 10.0. The predicted octanol–water partition coefficient (Wildman–Crippen LogP) is 3.29. The standard InChI is InChI=1S/C13H21NO2S.ClH/c1-2-14(9-4-3-7-13(15)16)10-8-12-6-5-11-17-12;/h5-6,11H,2-4,7-10H2,1H3,(H,15,16);1H. The molecule has 0 saturated heterocycles. The highest BCUT2D eigenvalue weighted by molar-refractivity contribution is 7.09. The predicted molar refractivity (Wildman–Crippen MR) is 78.9 cm³/mol. The summed E-state index contributed by atoms with van der Waals surface area (Å²) in [7, 11) is 0. The molecule has 0 spiro atoms. The smallest absolute Gasteiger partial charge is 0.303 e. The third-order valence-corrected chi connectivity index (χ3v) is 3.75. The summed E-state index contributed by atoms with van der Waals surface area (Å²) in [4.78, 5) is 14.2. The molecule has 104 valence electrons. The van der Waals surface area contributed by atoms with Crippen molar-refractivity contribution in [2.75, 3.05) is 19.6 Å². The van der Waals surface area contributed by atoms with E-state index in [2.05, 4.69) is 29.3 Å². The molecule has 1 heterocycles. The van der Waals surface area contributed by atoms with Crippen molar-refractivity contribution in [2.24, 2.45) is 0 Å². The number of carboxylic acid groups (broad SMARTS) is 1. The van der Waals surface area contributed by atoms with Crippen LogP contribution in [-0.4, -0.2) is 35.6 Å². The van der Waals surface area contributed by atoms with E-state index in [0.717, 1.165) is 38.9 Å². The molecule has 0 aliphatic heterocycles. The van der Waals surface area contributed by atoms with E-state index in [1.54, 1.807) is 11.3 Å². The maximum Gasteiger partial charge on any atom is 0.303 e. The Labute approximate surface area is 119 Å². The van der Waals surface area contributed by atoms with Gasteiger partial charge in [-0.2, -0.15) is 0 Å². The van der Waals surface area contributed by atoms with Crippen LogP contribution in [0.3, 0.4) is 0 Å². The summed E-state index contributed by atoms with van der Waals surface area (Å²) in [5, 5.41) is 10.7. The Morgan fingerprint density at radius 3 is 2.72 bits per heavy atom. The Bertz CT molecular complexity index is 317. The number of hydrogen-bond acceptors (Lipinski definition) is 3. The Balaban J connectivity index is 0.00000289. The molecule has 0 radical (unpaired) electrons. The molecule has 0 saturated carbocycles. The molecule has 0 bridgehead atoms. The molecule has 0 aromatic carbocycles. The number of nitrogens with zero attached hydrogens (tertiary/aromatic N) is 1. The molecule has 1 N–H and O–H groups in total. The van der Waals surface area contributed by atoms with Crippen LogP contribution >= 0.6 is 23.7 Å². The first-order valence-corrected chi connectivity index (χ1v) is 7.07. The number of carboxylic acids is 1. The molecular formula is C13H22ClNO2S. The highest BCUT2D eigenvalue weighted by Gasteiger charge is 2.04. The average Bonchev–Trinajstić information content (AvgIpc) is 2.81. The molecule has 18 heavy (non-hydrogen) atoms. The summed E-state index contributed by atoms with van der Waals surface area (Å²) in [6.07, 6.45) is 3.16. The lowest BCUT2D eigenvalue weighted by molar-refractivity contribution is -0.137. The van der Waals surface area contributed by atoms with Gasteiger partial charge in [0.25, 0.3) is 0 Å². The highest BCUT2D eigenvalue weighted by Crippen LogP contribution is 2.10. The average molecular weight is 292 g/mol.